The zero-order valence-electron chi connectivity index (χ0n) is 10.5. The normalized spacial score (nSPS) is 23.7. The van der Waals surface area contributed by atoms with Gasteiger partial charge in [-0.3, -0.25) is 14.5 Å². The molecule has 0 aliphatic carbocycles. The zero-order chi connectivity index (χ0) is 13.4. The predicted molar refractivity (Wildman–Crippen MR) is 74.8 cm³/mol. The van der Waals surface area contributed by atoms with Crippen molar-refractivity contribution in [3.63, 3.8) is 0 Å². The van der Waals surface area contributed by atoms with E-state index >= 15 is 0 Å². The first-order chi connectivity index (χ1) is 9.13. The molecule has 1 aromatic heterocycles. The maximum atomic E-state index is 12.1. The van der Waals surface area contributed by atoms with Gasteiger partial charge in [-0.15, -0.1) is 11.3 Å². The number of carbonyl (C=O) groups excluding carboxylic acids is 2. The second-order valence-corrected chi connectivity index (χ2v) is 6.76. The van der Waals surface area contributed by atoms with E-state index in [1.807, 2.05) is 4.90 Å². The molecule has 2 saturated heterocycles. The summed E-state index contributed by atoms with van der Waals surface area (Å²) in [5.41, 5.74) is 0. The van der Waals surface area contributed by atoms with Crippen molar-refractivity contribution in [1.82, 2.24) is 9.80 Å². The van der Waals surface area contributed by atoms with Gasteiger partial charge in [0.25, 0.3) is 0 Å². The van der Waals surface area contributed by atoms with E-state index in [1.54, 1.807) is 12.1 Å². The Balaban J connectivity index is 1.59. The monoisotopic (exact) mass is 298 g/mol. The summed E-state index contributed by atoms with van der Waals surface area (Å²) in [4.78, 5) is 28.5. The van der Waals surface area contributed by atoms with Crippen LogP contribution in [0.1, 0.15) is 22.5 Å². The highest BCUT2D eigenvalue weighted by Crippen LogP contribution is 2.24. The van der Waals surface area contributed by atoms with Gasteiger partial charge in [0.15, 0.2) is 5.78 Å². The number of fused-ring (bicyclic) bond motifs is 1. The molecule has 4 nitrogen and oxygen atoms in total. The Morgan fingerprint density at radius 1 is 1.42 bits per heavy atom. The largest absolute Gasteiger partial charge is 0.337 e. The summed E-state index contributed by atoms with van der Waals surface area (Å²) in [6.45, 7) is 2.78. The van der Waals surface area contributed by atoms with E-state index < -0.39 is 0 Å². The lowest BCUT2D eigenvalue weighted by Crippen LogP contribution is -2.52. The molecule has 0 saturated carbocycles. The number of thiophene rings is 1. The summed E-state index contributed by atoms with van der Waals surface area (Å²) in [6, 6.07) is 3.85. The Labute approximate surface area is 120 Å². The summed E-state index contributed by atoms with van der Waals surface area (Å²) in [5, 5.41) is 0. The van der Waals surface area contributed by atoms with Crippen molar-refractivity contribution < 1.29 is 9.59 Å². The molecular formula is C13H15ClN2O2S. The molecule has 3 heterocycles. The van der Waals surface area contributed by atoms with Gasteiger partial charge in [-0.1, -0.05) is 11.6 Å². The standard InChI is InChI=1S/C13H15ClN2O2S/c14-12-3-2-11(19-12)10(17)8-15-5-6-16-9(7-15)1-4-13(16)18/h2-3,9H,1,4-8H2. The van der Waals surface area contributed by atoms with Crippen LogP contribution >= 0.6 is 22.9 Å². The van der Waals surface area contributed by atoms with E-state index in [1.165, 1.54) is 11.3 Å². The van der Waals surface area contributed by atoms with E-state index in [9.17, 15) is 9.59 Å². The number of amides is 1. The smallest absolute Gasteiger partial charge is 0.222 e. The lowest BCUT2D eigenvalue weighted by Gasteiger charge is -2.37. The minimum atomic E-state index is 0.120. The second kappa shape index (κ2) is 5.23. The van der Waals surface area contributed by atoms with E-state index in [0.717, 1.165) is 30.9 Å². The van der Waals surface area contributed by atoms with Crippen molar-refractivity contribution in [2.45, 2.75) is 18.9 Å². The SMILES string of the molecule is O=C(CN1CCN2C(=O)CCC2C1)c1ccc(Cl)s1. The van der Waals surface area contributed by atoms with Crippen LogP contribution < -0.4 is 0 Å². The summed E-state index contributed by atoms with van der Waals surface area (Å²) in [5.74, 6) is 0.385. The number of carbonyl (C=O) groups is 2. The highest BCUT2D eigenvalue weighted by Gasteiger charge is 2.35. The van der Waals surface area contributed by atoms with Gasteiger partial charge in [0.1, 0.15) is 0 Å². The summed E-state index contributed by atoms with van der Waals surface area (Å²) < 4.78 is 0.648. The van der Waals surface area contributed by atoms with Gasteiger partial charge in [-0.25, -0.2) is 0 Å². The summed E-state index contributed by atoms with van der Waals surface area (Å²) in [6.07, 6.45) is 1.58. The fourth-order valence-electron chi connectivity index (χ4n) is 2.82. The molecule has 0 N–H and O–H groups in total. The average molecular weight is 299 g/mol. The first-order valence-corrected chi connectivity index (χ1v) is 7.63. The highest BCUT2D eigenvalue weighted by molar-refractivity contribution is 7.18. The fourth-order valence-corrected chi connectivity index (χ4v) is 3.79. The number of hydrogen-bond donors (Lipinski definition) is 0. The molecule has 2 aliphatic heterocycles. The predicted octanol–water partition coefficient (Wildman–Crippen LogP) is 1.89. The molecule has 6 heteroatoms. The summed E-state index contributed by atoms with van der Waals surface area (Å²) in [7, 11) is 0. The van der Waals surface area contributed by atoms with Crippen LogP contribution in [-0.4, -0.2) is 53.7 Å². The van der Waals surface area contributed by atoms with Gasteiger partial charge in [-0.05, 0) is 18.6 Å². The van der Waals surface area contributed by atoms with E-state index in [2.05, 4.69) is 4.90 Å². The molecule has 0 radical (unpaired) electrons. The van der Waals surface area contributed by atoms with Crippen LogP contribution in [0.2, 0.25) is 4.34 Å². The number of nitrogens with zero attached hydrogens (tertiary/aromatic N) is 2. The first kappa shape index (κ1) is 13.1. The van der Waals surface area contributed by atoms with E-state index in [0.29, 0.717) is 23.3 Å². The Morgan fingerprint density at radius 2 is 2.26 bits per heavy atom. The quantitative estimate of drug-likeness (QED) is 0.800. The Kier molecular flexibility index (Phi) is 3.60. The van der Waals surface area contributed by atoms with Crippen molar-refractivity contribution in [2.75, 3.05) is 26.2 Å². The van der Waals surface area contributed by atoms with Gasteiger partial charge >= 0.3 is 0 Å². The average Bonchev–Trinajstić information content (AvgIpc) is 2.97. The van der Waals surface area contributed by atoms with Gasteiger partial charge in [0, 0.05) is 32.1 Å². The Bertz CT molecular complexity index is 516. The van der Waals surface area contributed by atoms with E-state index in [4.69, 9.17) is 11.6 Å². The molecule has 3 rings (SSSR count). The third-order valence-corrected chi connectivity index (χ3v) is 5.07. The topological polar surface area (TPSA) is 40.6 Å². The minimum Gasteiger partial charge on any atom is -0.337 e. The van der Waals surface area contributed by atoms with Gasteiger partial charge in [-0.2, -0.15) is 0 Å². The van der Waals surface area contributed by atoms with Crippen LogP contribution in [-0.2, 0) is 4.79 Å². The molecular weight excluding hydrogens is 284 g/mol. The molecule has 1 atom stereocenters. The van der Waals surface area contributed by atoms with Crippen LogP contribution in [0.15, 0.2) is 12.1 Å². The molecule has 0 aromatic carbocycles. The van der Waals surface area contributed by atoms with Crippen molar-refractivity contribution in [1.29, 1.82) is 0 Å². The summed E-state index contributed by atoms with van der Waals surface area (Å²) >= 11 is 7.17. The van der Waals surface area contributed by atoms with E-state index in [-0.39, 0.29) is 11.7 Å². The number of hydrogen-bond acceptors (Lipinski definition) is 4. The molecule has 1 aromatic rings. The lowest BCUT2D eigenvalue weighted by atomic mass is 10.1. The molecule has 1 unspecified atom stereocenters. The molecule has 1 amide bonds. The van der Waals surface area contributed by atoms with Crippen molar-refractivity contribution in [3.05, 3.63) is 21.3 Å². The maximum Gasteiger partial charge on any atom is 0.222 e. The van der Waals surface area contributed by atoms with Crippen molar-refractivity contribution in [3.8, 4) is 0 Å². The minimum absolute atomic E-state index is 0.120. The first-order valence-electron chi connectivity index (χ1n) is 6.44. The van der Waals surface area contributed by atoms with Crippen LogP contribution in [0, 0.1) is 0 Å². The van der Waals surface area contributed by atoms with Crippen LogP contribution in [0.3, 0.4) is 0 Å². The highest BCUT2D eigenvalue weighted by atomic mass is 35.5. The number of ketones is 1. The van der Waals surface area contributed by atoms with Gasteiger partial charge in [0.2, 0.25) is 5.91 Å². The van der Waals surface area contributed by atoms with Crippen LogP contribution in [0.25, 0.3) is 0 Å². The number of rotatable bonds is 3. The second-order valence-electron chi connectivity index (χ2n) is 5.04. The number of halogens is 1. The molecule has 102 valence electrons. The fraction of sp³-hybridized carbons (Fsp3) is 0.538. The Morgan fingerprint density at radius 3 is 3.00 bits per heavy atom. The lowest BCUT2D eigenvalue weighted by molar-refractivity contribution is -0.130. The molecule has 19 heavy (non-hydrogen) atoms. The third-order valence-electron chi connectivity index (χ3n) is 3.79. The van der Waals surface area contributed by atoms with Crippen molar-refractivity contribution >= 4 is 34.6 Å². The Hall–Kier alpha value is -0.910. The molecule has 0 bridgehead atoms. The number of Topliss-reactive ketones (excluding diaryl/α,β-unsaturated/α-hetero) is 1. The zero-order valence-corrected chi connectivity index (χ0v) is 12.0. The van der Waals surface area contributed by atoms with Crippen LogP contribution in [0.5, 0.6) is 0 Å². The molecule has 0 spiro atoms. The van der Waals surface area contributed by atoms with Crippen LogP contribution in [0.4, 0.5) is 0 Å². The number of piperazine rings is 1. The van der Waals surface area contributed by atoms with Gasteiger partial charge < -0.3 is 4.90 Å². The molecule has 2 aliphatic rings. The maximum absolute atomic E-state index is 12.1. The van der Waals surface area contributed by atoms with Gasteiger partial charge in [0.05, 0.1) is 15.8 Å². The van der Waals surface area contributed by atoms with Crippen molar-refractivity contribution in [2.24, 2.45) is 0 Å². The third kappa shape index (κ3) is 2.68. The molecule has 2 fully saturated rings.